The zero-order valence-electron chi connectivity index (χ0n) is 18.8. The highest BCUT2D eigenvalue weighted by Crippen LogP contribution is 2.30. The number of hydrogen-bond acceptors (Lipinski definition) is 4. The molecular weight excluding hydrogens is 388 g/mol. The quantitative estimate of drug-likeness (QED) is 0.655. The summed E-state index contributed by atoms with van der Waals surface area (Å²) in [6.45, 7) is 7.06. The molecule has 1 atom stereocenters. The monoisotopic (exact) mass is 422 g/mol. The number of carbonyl (C=O) groups is 1. The molecule has 5 nitrogen and oxygen atoms in total. The van der Waals surface area contributed by atoms with Gasteiger partial charge in [-0.05, 0) is 49.3 Å². The molecule has 1 unspecified atom stereocenters. The fourth-order valence-electron chi connectivity index (χ4n) is 4.66. The molecule has 0 saturated carbocycles. The van der Waals surface area contributed by atoms with Crippen LogP contribution in [0.4, 0.5) is 0 Å². The van der Waals surface area contributed by atoms with Gasteiger partial charge < -0.3 is 19.3 Å². The molecule has 2 aliphatic rings. The molecule has 2 aromatic carbocycles. The molecule has 2 saturated heterocycles. The summed E-state index contributed by atoms with van der Waals surface area (Å²) in [5.74, 6) is 1.97. The fraction of sp³-hybridized carbons (Fsp3) is 0.500. The van der Waals surface area contributed by atoms with Gasteiger partial charge in [-0.1, -0.05) is 37.3 Å². The van der Waals surface area contributed by atoms with E-state index in [1.165, 1.54) is 5.56 Å². The van der Waals surface area contributed by atoms with Crippen LogP contribution >= 0.6 is 0 Å². The number of amides is 1. The third-order valence-corrected chi connectivity index (χ3v) is 6.54. The lowest BCUT2D eigenvalue weighted by Gasteiger charge is -2.34. The Labute approximate surface area is 185 Å². The Morgan fingerprint density at radius 1 is 1.03 bits per heavy atom. The zero-order chi connectivity index (χ0) is 21.6. The lowest BCUT2D eigenvalue weighted by Crippen LogP contribution is -2.40. The summed E-state index contributed by atoms with van der Waals surface area (Å²) < 4.78 is 11.8. The molecule has 4 rings (SSSR count). The van der Waals surface area contributed by atoms with Gasteiger partial charge in [0.2, 0.25) is 0 Å². The van der Waals surface area contributed by atoms with Crippen molar-refractivity contribution < 1.29 is 14.3 Å². The van der Waals surface area contributed by atoms with Crippen LogP contribution in [0.5, 0.6) is 11.5 Å². The number of methoxy groups -OCH3 is 1. The molecule has 0 bridgehead atoms. The molecule has 0 aliphatic carbocycles. The van der Waals surface area contributed by atoms with E-state index in [0.29, 0.717) is 17.2 Å². The Kier molecular flexibility index (Phi) is 7.13. The first-order valence-electron chi connectivity index (χ1n) is 11.6. The predicted molar refractivity (Wildman–Crippen MR) is 123 cm³/mol. The predicted octanol–water partition coefficient (Wildman–Crippen LogP) is 4.58. The second-order valence-corrected chi connectivity index (χ2v) is 8.79. The van der Waals surface area contributed by atoms with Crippen LogP contribution in [0.2, 0.25) is 0 Å². The van der Waals surface area contributed by atoms with Gasteiger partial charge in [-0.3, -0.25) is 4.79 Å². The summed E-state index contributed by atoms with van der Waals surface area (Å²) in [7, 11) is 1.65. The summed E-state index contributed by atoms with van der Waals surface area (Å²) >= 11 is 0. The van der Waals surface area contributed by atoms with Gasteiger partial charge in [0, 0.05) is 38.8 Å². The number of rotatable bonds is 7. The number of ether oxygens (including phenoxy) is 2. The van der Waals surface area contributed by atoms with E-state index in [9.17, 15) is 4.79 Å². The molecule has 31 heavy (non-hydrogen) atoms. The number of hydrogen-bond donors (Lipinski definition) is 0. The van der Waals surface area contributed by atoms with Crippen LogP contribution in [0.3, 0.4) is 0 Å². The summed E-state index contributed by atoms with van der Waals surface area (Å²) in [5.41, 5.74) is 2.05. The van der Waals surface area contributed by atoms with Crippen molar-refractivity contribution in [3.8, 4) is 11.5 Å². The van der Waals surface area contributed by atoms with Crippen molar-refractivity contribution >= 4 is 5.91 Å². The molecule has 0 N–H and O–H groups in total. The van der Waals surface area contributed by atoms with Crippen LogP contribution < -0.4 is 9.47 Å². The molecule has 2 fully saturated rings. The summed E-state index contributed by atoms with van der Waals surface area (Å²) in [5, 5.41) is 0. The van der Waals surface area contributed by atoms with Gasteiger partial charge in [0.05, 0.1) is 12.7 Å². The van der Waals surface area contributed by atoms with Crippen LogP contribution in [0, 0.1) is 0 Å². The molecule has 2 aromatic rings. The van der Waals surface area contributed by atoms with Crippen molar-refractivity contribution in [3.05, 3.63) is 59.7 Å². The normalized spacial score (nSPS) is 18.7. The van der Waals surface area contributed by atoms with Crippen LogP contribution in [0.25, 0.3) is 0 Å². The van der Waals surface area contributed by atoms with Crippen LogP contribution in [0.1, 0.15) is 54.4 Å². The first-order valence-corrected chi connectivity index (χ1v) is 11.6. The largest absolute Gasteiger partial charge is 0.497 e. The van der Waals surface area contributed by atoms with Gasteiger partial charge in [0.15, 0.2) is 0 Å². The second-order valence-electron chi connectivity index (χ2n) is 8.79. The maximum absolute atomic E-state index is 13.0. The smallest absolute Gasteiger partial charge is 0.257 e. The number of benzene rings is 2. The average Bonchev–Trinajstić information content (AvgIpc) is 3.35. The molecule has 1 amide bonds. The van der Waals surface area contributed by atoms with E-state index in [1.807, 2.05) is 23.1 Å². The van der Waals surface area contributed by atoms with E-state index in [2.05, 4.69) is 42.2 Å². The highest BCUT2D eigenvalue weighted by molar-refractivity contribution is 5.97. The summed E-state index contributed by atoms with van der Waals surface area (Å²) in [4.78, 5) is 17.5. The minimum atomic E-state index is 0.0734. The Balaban J connectivity index is 1.37. The Morgan fingerprint density at radius 3 is 2.42 bits per heavy atom. The number of carbonyl (C=O) groups excluding carboxylic acids is 1. The second kappa shape index (κ2) is 10.2. The minimum Gasteiger partial charge on any atom is -0.497 e. The van der Waals surface area contributed by atoms with Gasteiger partial charge in [0.25, 0.3) is 5.91 Å². The molecule has 5 heteroatoms. The number of piperidine rings is 1. The fourth-order valence-corrected chi connectivity index (χ4v) is 4.66. The van der Waals surface area contributed by atoms with Crippen molar-refractivity contribution in [1.29, 1.82) is 0 Å². The van der Waals surface area contributed by atoms with E-state index < -0.39 is 0 Å². The zero-order valence-corrected chi connectivity index (χ0v) is 18.8. The molecule has 0 radical (unpaired) electrons. The number of likely N-dealkylation sites (tertiary alicyclic amines) is 2. The Morgan fingerprint density at radius 2 is 1.74 bits per heavy atom. The highest BCUT2D eigenvalue weighted by Gasteiger charge is 2.26. The maximum atomic E-state index is 13.0. The first-order chi connectivity index (χ1) is 15.1. The van der Waals surface area contributed by atoms with E-state index in [0.717, 1.165) is 64.2 Å². The lowest BCUT2D eigenvalue weighted by molar-refractivity contribution is 0.0765. The van der Waals surface area contributed by atoms with E-state index in [1.54, 1.807) is 7.11 Å². The van der Waals surface area contributed by atoms with Crippen molar-refractivity contribution in [3.63, 3.8) is 0 Å². The molecule has 166 valence electrons. The summed E-state index contributed by atoms with van der Waals surface area (Å²) in [6, 6.07) is 16.3. The van der Waals surface area contributed by atoms with Crippen LogP contribution in [-0.2, 0) is 0 Å². The molecule has 2 heterocycles. The van der Waals surface area contributed by atoms with Gasteiger partial charge in [0.1, 0.15) is 17.6 Å². The van der Waals surface area contributed by atoms with Crippen molar-refractivity contribution in [2.45, 2.75) is 44.6 Å². The van der Waals surface area contributed by atoms with Gasteiger partial charge in [-0.15, -0.1) is 0 Å². The average molecular weight is 423 g/mol. The van der Waals surface area contributed by atoms with Gasteiger partial charge >= 0.3 is 0 Å². The van der Waals surface area contributed by atoms with Gasteiger partial charge in [-0.25, -0.2) is 0 Å². The van der Waals surface area contributed by atoms with Gasteiger partial charge in [-0.2, -0.15) is 0 Å². The van der Waals surface area contributed by atoms with Crippen molar-refractivity contribution in [2.75, 3.05) is 39.8 Å². The Bertz CT molecular complexity index is 856. The van der Waals surface area contributed by atoms with E-state index >= 15 is 0 Å². The SMILES string of the molecule is COc1ccc(C(=O)N2CCCC2)c(OC2CCN(CC(C)c3ccccc3)CC2)c1. The third kappa shape index (κ3) is 5.40. The molecule has 0 spiro atoms. The first kappa shape index (κ1) is 21.7. The van der Waals surface area contributed by atoms with Crippen molar-refractivity contribution in [2.24, 2.45) is 0 Å². The Hall–Kier alpha value is -2.53. The highest BCUT2D eigenvalue weighted by atomic mass is 16.5. The third-order valence-electron chi connectivity index (χ3n) is 6.54. The lowest BCUT2D eigenvalue weighted by atomic mass is 9.99. The standard InChI is InChI=1S/C26H34N2O3/c1-20(21-8-4-3-5-9-21)19-27-16-12-22(13-17-27)31-25-18-23(30-2)10-11-24(25)26(29)28-14-6-7-15-28/h3-5,8-11,18,20,22H,6-7,12-17,19H2,1-2H3. The maximum Gasteiger partial charge on any atom is 0.257 e. The van der Waals surface area contributed by atoms with E-state index in [-0.39, 0.29) is 12.0 Å². The molecule has 2 aliphatic heterocycles. The van der Waals surface area contributed by atoms with E-state index in [4.69, 9.17) is 9.47 Å². The molecular formula is C26H34N2O3. The number of nitrogens with zero attached hydrogens (tertiary/aromatic N) is 2. The van der Waals surface area contributed by atoms with Crippen LogP contribution in [0.15, 0.2) is 48.5 Å². The van der Waals surface area contributed by atoms with Crippen molar-refractivity contribution in [1.82, 2.24) is 9.80 Å². The minimum absolute atomic E-state index is 0.0734. The summed E-state index contributed by atoms with van der Waals surface area (Å²) in [6.07, 6.45) is 4.22. The van der Waals surface area contributed by atoms with Crippen LogP contribution in [-0.4, -0.2) is 61.6 Å². The molecule has 0 aromatic heterocycles. The topological polar surface area (TPSA) is 42.0 Å².